The fourth-order valence-corrected chi connectivity index (χ4v) is 3.02. The molecule has 7 nitrogen and oxygen atoms in total. The fraction of sp³-hybridized carbons (Fsp3) is 0.200. The lowest BCUT2D eigenvalue weighted by molar-refractivity contribution is 0.0977. The highest BCUT2D eigenvalue weighted by molar-refractivity contribution is 7.80. The lowest BCUT2D eigenvalue weighted by Gasteiger charge is -2.12. The summed E-state index contributed by atoms with van der Waals surface area (Å²) in [5.41, 5.74) is 1.13. The minimum Gasteiger partial charge on any atom is -0.491 e. The molecule has 0 radical (unpaired) electrons. The van der Waals surface area contributed by atoms with Crippen molar-refractivity contribution in [3.8, 4) is 17.2 Å². The Bertz CT molecular complexity index is 1050. The summed E-state index contributed by atoms with van der Waals surface area (Å²) in [6.45, 7) is 1.68. The van der Waals surface area contributed by atoms with Gasteiger partial charge in [-0.3, -0.25) is 10.1 Å². The molecule has 3 rings (SSSR count). The van der Waals surface area contributed by atoms with Crippen LogP contribution in [0.15, 0.2) is 78.9 Å². The molecular weight excluding hydrogens is 440 g/mol. The van der Waals surface area contributed by atoms with Crippen LogP contribution in [0.25, 0.3) is 0 Å². The lowest BCUT2D eigenvalue weighted by Crippen LogP contribution is -2.34. The summed E-state index contributed by atoms with van der Waals surface area (Å²) < 4.78 is 21.9. The fourth-order valence-electron chi connectivity index (χ4n) is 2.81. The molecule has 2 N–H and O–H groups in total. The number of benzene rings is 3. The second-order valence-electron chi connectivity index (χ2n) is 6.82. The Balaban J connectivity index is 1.46. The normalized spacial score (nSPS) is 10.2. The van der Waals surface area contributed by atoms with Crippen LogP contribution in [0.4, 0.5) is 5.69 Å². The number of carbonyl (C=O) groups excluding carboxylic acids is 1. The molecule has 1 amide bonds. The molecule has 33 heavy (non-hydrogen) atoms. The smallest absolute Gasteiger partial charge is 0.257 e. The van der Waals surface area contributed by atoms with Gasteiger partial charge in [0, 0.05) is 24.4 Å². The number of ether oxygens (including phenoxy) is 4. The molecule has 0 bridgehead atoms. The van der Waals surface area contributed by atoms with E-state index in [1.54, 1.807) is 37.4 Å². The molecule has 0 unspecified atom stereocenters. The maximum atomic E-state index is 12.6. The summed E-state index contributed by atoms with van der Waals surface area (Å²) in [4.78, 5) is 12.6. The highest BCUT2D eigenvalue weighted by atomic mass is 32.1. The van der Waals surface area contributed by atoms with Gasteiger partial charge in [-0.25, -0.2) is 0 Å². The standard InChI is InChI=1S/C25H26N2O5S/c1-29-13-14-31-23-12-6-8-20(18-23)26-25(33)27-24(28)19-7-5-11-22(17-19)32-16-15-30-21-9-3-2-4-10-21/h2-12,17-18H,13-16H2,1H3,(H2,26,27,28,33). The van der Waals surface area contributed by atoms with Crippen molar-refractivity contribution in [1.82, 2.24) is 5.32 Å². The van der Waals surface area contributed by atoms with Gasteiger partial charge in [0.1, 0.15) is 37.1 Å². The van der Waals surface area contributed by atoms with E-state index in [-0.39, 0.29) is 11.0 Å². The number of carbonyl (C=O) groups is 1. The van der Waals surface area contributed by atoms with Gasteiger partial charge in [0.2, 0.25) is 0 Å². The van der Waals surface area contributed by atoms with Crippen molar-refractivity contribution in [1.29, 1.82) is 0 Å². The molecule has 172 valence electrons. The van der Waals surface area contributed by atoms with Crippen LogP contribution in [0.2, 0.25) is 0 Å². The van der Waals surface area contributed by atoms with Gasteiger partial charge in [-0.15, -0.1) is 0 Å². The van der Waals surface area contributed by atoms with Crippen LogP contribution in [0.1, 0.15) is 10.4 Å². The molecule has 0 atom stereocenters. The van der Waals surface area contributed by atoms with Crippen LogP contribution >= 0.6 is 12.2 Å². The Morgan fingerprint density at radius 1 is 0.758 bits per heavy atom. The first-order valence-corrected chi connectivity index (χ1v) is 10.8. The average Bonchev–Trinajstić information content (AvgIpc) is 2.83. The number of methoxy groups -OCH3 is 1. The largest absolute Gasteiger partial charge is 0.491 e. The van der Waals surface area contributed by atoms with Crippen molar-refractivity contribution in [2.45, 2.75) is 0 Å². The summed E-state index contributed by atoms with van der Waals surface area (Å²) in [5.74, 6) is 1.68. The maximum absolute atomic E-state index is 12.6. The van der Waals surface area contributed by atoms with Crippen LogP contribution in [0.5, 0.6) is 17.2 Å². The number of hydrogen-bond donors (Lipinski definition) is 2. The quantitative estimate of drug-likeness (QED) is 0.322. The van der Waals surface area contributed by atoms with Crippen molar-refractivity contribution in [3.05, 3.63) is 84.4 Å². The zero-order valence-corrected chi connectivity index (χ0v) is 19.1. The molecule has 3 aromatic rings. The third kappa shape index (κ3) is 8.44. The highest BCUT2D eigenvalue weighted by Crippen LogP contribution is 2.18. The number of rotatable bonds is 11. The van der Waals surface area contributed by atoms with Crippen molar-refractivity contribution in [2.24, 2.45) is 0 Å². The molecule has 0 heterocycles. The monoisotopic (exact) mass is 466 g/mol. The van der Waals surface area contributed by atoms with E-state index in [9.17, 15) is 4.79 Å². The van der Waals surface area contributed by atoms with Crippen LogP contribution in [0, 0.1) is 0 Å². The predicted octanol–water partition coefficient (Wildman–Crippen LogP) is 4.30. The van der Waals surface area contributed by atoms with Crippen molar-refractivity contribution < 1.29 is 23.7 Å². The second kappa shape index (κ2) is 13.0. The first-order valence-electron chi connectivity index (χ1n) is 10.4. The van der Waals surface area contributed by atoms with E-state index < -0.39 is 0 Å². The Morgan fingerprint density at radius 3 is 2.09 bits per heavy atom. The summed E-state index contributed by atoms with van der Waals surface area (Å²) in [6, 6.07) is 23.7. The molecule has 3 aromatic carbocycles. The van der Waals surface area contributed by atoms with Crippen molar-refractivity contribution >= 4 is 28.9 Å². The van der Waals surface area contributed by atoms with Gasteiger partial charge in [0.25, 0.3) is 5.91 Å². The molecule has 0 aliphatic heterocycles. The Kier molecular flexibility index (Phi) is 9.50. The molecule has 8 heteroatoms. The Hall–Kier alpha value is -3.62. The molecule has 0 aromatic heterocycles. The molecule has 0 aliphatic rings. The second-order valence-corrected chi connectivity index (χ2v) is 7.22. The molecule has 0 saturated heterocycles. The highest BCUT2D eigenvalue weighted by Gasteiger charge is 2.10. The van der Waals surface area contributed by atoms with E-state index in [0.29, 0.717) is 49.2 Å². The average molecular weight is 467 g/mol. The Labute approximate surface area is 198 Å². The van der Waals surface area contributed by atoms with E-state index >= 15 is 0 Å². The summed E-state index contributed by atoms with van der Waals surface area (Å²) in [7, 11) is 1.62. The molecule has 0 aliphatic carbocycles. The number of nitrogens with one attached hydrogen (secondary N) is 2. The number of anilines is 1. The molecular formula is C25H26N2O5S. The number of thiocarbonyl (C=S) groups is 1. The van der Waals surface area contributed by atoms with E-state index in [1.807, 2.05) is 48.5 Å². The zero-order valence-electron chi connectivity index (χ0n) is 18.3. The number of hydrogen-bond acceptors (Lipinski definition) is 6. The van der Waals surface area contributed by atoms with E-state index in [4.69, 9.17) is 31.2 Å². The van der Waals surface area contributed by atoms with Gasteiger partial charge in [0.15, 0.2) is 5.11 Å². The maximum Gasteiger partial charge on any atom is 0.257 e. The zero-order chi connectivity index (χ0) is 23.3. The van der Waals surface area contributed by atoms with Gasteiger partial charge in [-0.2, -0.15) is 0 Å². The number of amides is 1. The SMILES string of the molecule is COCCOc1cccc(NC(=S)NC(=O)c2cccc(OCCOc3ccccc3)c2)c1. The van der Waals surface area contributed by atoms with E-state index in [1.165, 1.54) is 0 Å². The first kappa shape index (κ1) is 24.0. The summed E-state index contributed by atoms with van der Waals surface area (Å²) in [6.07, 6.45) is 0. The summed E-state index contributed by atoms with van der Waals surface area (Å²) >= 11 is 5.28. The van der Waals surface area contributed by atoms with Crippen molar-refractivity contribution in [3.63, 3.8) is 0 Å². The van der Waals surface area contributed by atoms with Gasteiger partial charge < -0.3 is 24.3 Å². The minimum atomic E-state index is -0.342. The first-order chi connectivity index (χ1) is 16.1. The van der Waals surface area contributed by atoms with Crippen LogP contribution < -0.4 is 24.8 Å². The summed E-state index contributed by atoms with van der Waals surface area (Å²) in [5, 5.41) is 5.84. The van der Waals surface area contributed by atoms with Crippen LogP contribution in [-0.4, -0.2) is 44.6 Å². The minimum absolute atomic E-state index is 0.177. The third-order valence-electron chi connectivity index (χ3n) is 4.34. The number of para-hydroxylation sites is 1. The van der Waals surface area contributed by atoms with Gasteiger partial charge in [0.05, 0.1) is 6.61 Å². The Morgan fingerprint density at radius 2 is 1.36 bits per heavy atom. The van der Waals surface area contributed by atoms with E-state index in [2.05, 4.69) is 10.6 Å². The topological polar surface area (TPSA) is 78.1 Å². The van der Waals surface area contributed by atoms with E-state index in [0.717, 1.165) is 5.75 Å². The lowest BCUT2D eigenvalue weighted by atomic mass is 10.2. The third-order valence-corrected chi connectivity index (χ3v) is 4.54. The molecule has 0 saturated carbocycles. The molecule has 0 spiro atoms. The molecule has 0 fully saturated rings. The van der Waals surface area contributed by atoms with Gasteiger partial charge in [-0.05, 0) is 54.7 Å². The van der Waals surface area contributed by atoms with Crippen LogP contribution in [0.3, 0.4) is 0 Å². The van der Waals surface area contributed by atoms with Gasteiger partial charge in [-0.1, -0.05) is 30.3 Å². The van der Waals surface area contributed by atoms with Crippen molar-refractivity contribution in [2.75, 3.05) is 38.9 Å². The van der Waals surface area contributed by atoms with Crippen LogP contribution in [-0.2, 0) is 4.74 Å². The predicted molar refractivity (Wildman–Crippen MR) is 131 cm³/mol. The van der Waals surface area contributed by atoms with Gasteiger partial charge >= 0.3 is 0 Å².